The third kappa shape index (κ3) is 4.09. The second-order valence-corrected chi connectivity index (χ2v) is 6.55. The largest absolute Gasteiger partial charge is 0.481 e. The Hall–Kier alpha value is -3.13. The van der Waals surface area contributed by atoms with Crippen molar-refractivity contribution < 1.29 is 14.7 Å². The first-order valence-corrected chi connectivity index (χ1v) is 8.64. The monoisotopic (exact) mass is 348 g/mol. The molecular weight excluding hydrogens is 328 g/mol. The molecule has 0 radical (unpaired) electrons. The number of carbonyl (C=O) groups is 2. The summed E-state index contributed by atoms with van der Waals surface area (Å²) in [6.07, 6.45) is 1.43. The van der Waals surface area contributed by atoms with E-state index in [0.29, 0.717) is 31.4 Å². The molecule has 0 aliphatic carbocycles. The average Bonchev–Trinajstić information content (AvgIpc) is 2.65. The van der Waals surface area contributed by atoms with Gasteiger partial charge in [0.2, 0.25) is 5.91 Å². The normalized spacial score (nSPS) is 15.8. The summed E-state index contributed by atoms with van der Waals surface area (Å²) in [4.78, 5) is 25.7. The molecule has 0 fully saturated rings. The van der Waals surface area contributed by atoms with E-state index in [2.05, 4.69) is 6.07 Å². The summed E-state index contributed by atoms with van der Waals surface area (Å²) < 4.78 is 0. The molecule has 0 saturated heterocycles. The van der Waals surface area contributed by atoms with E-state index in [4.69, 9.17) is 5.26 Å². The van der Waals surface area contributed by atoms with E-state index in [9.17, 15) is 14.7 Å². The van der Waals surface area contributed by atoms with Gasteiger partial charge in [0.05, 0.1) is 18.1 Å². The fraction of sp³-hybridized carbons (Fsp3) is 0.286. The Labute approximate surface area is 152 Å². The Morgan fingerprint density at radius 1 is 1.12 bits per heavy atom. The SMILES string of the molecule is N#Cc1ccc(CCC(=O)N2Cc3ccccc3C[C@H]2CC(=O)O)cc1. The maximum Gasteiger partial charge on any atom is 0.305 e. The number of hydrogen-bond donors (Lipinski definition) is 1. The van der Waals surface area contributed by atoms with Crippen LogP contribution in [0.15, 0.2) is 48.5 Å². The van der Waals surface area contributed by atoms with Crippen molar-refractivity contribution >= 4 is 11.9 Å². The van der Waals surface area contributed by atoms with Crippen molar-refractivity contribution in [2.45, 2.75) is 38.3 Å². The number of carboxylic acids is 1. The van der Waals surface area contributed by atoms with Gasteiger partial charge < -0.3 is 10.0 Å². The minimum absolute atomic E-state index is 0.0323. The van der Waals surface area contributed by atoms with Crippen molar-refractivity contribution in [3.8, 4) is 6.07 Å². The van der Waals surface area contributed by atoms with Gasteiger partial charge in [-0.15, -0.1) is 0 Å². The predicted octanol–water partition coefficient (Wildman–Crippen LogP) is 2.92. The van der Waals surface area contributed by atoms with Crippen LogP contribution in [0.5, 0.6) is 0 Å². The van der Waals surface area contributed by atoms with Crippen LogP contribution in [-0.2, 0) is 29.0 Å². The summed E-state index contributed by atoms with van der Waals surface area (Å²) >= 11 is 0. The molecule has 0 unspecified atom stereocenters. The Balaban J connectivity index is 1.70. The van der Waals surface area contributed by atoms with Crippen LogP contribution < -0.4 is 0 Å². The minimum Gasteiger partial charge on any atom is -0.481 e. The zero-order valence-corrected chi connectivity index (χ0v) is 14.4. The van der Waals surface area contributed by atoms with E-state index in [1.165, 1.54) is 0 Å². The molecule has 2 aromatic rings. The molecule has 132 valence electrons. The van der Waals surface area contributed by atoms with Gasteiger partial charge in [-0.05, 0) is 41.7 Å². The number of amides is 1. The van der Waals surface area contributed by atoms with Crippen LogP contribution in [0.3, 0.4) is 0 Å². The topological polar surface area (TPSA) is 81.4 Å². The molecule has 0 aromatic heterocycles. The second kappa shape index (κ2) is 7.83. The summed E-state index contributed by atoms with van der Waals surface area (Å²) in [5.41, 5.74) is 3.79. The van der Waals surface area contributed by atoms with Crippen molar-refractivity contribution in [1.29, 1.82) is 5.26 Å². The van der Waals surface area contributed by atoms with E-state index in [0.717, 1.165) is 16.7 Å². The lowest BCUT2D eigenvalue weighted by Gasteiger charge is -2.36. The molecule has 26 heavy (non-hydrogen) atoms. The molecule has 1 amide bonds. The maximum absolute atomic E-state index is 12.8. The molecule has 5 nitrogen and oxygen atoms in total. The molecular formula is C21H20N2O3. The van der Waals surface area contributed by atoms with Crippen molar-refractivity contribution in [2.75, 3.05) is 0 Å². The molecule has 1 heterocycles. The predicted molar refractivity (Wildman–Crippen MR) is 96.2 cm³/mol. The first-order valence-electron chi connectivity index (χ1n) is 8.64. The molecule has 1 aliphatic rings. The Morgan fingerprint density at radius 3 is 2.46 bits per heavy atom. The highest BCUT2D eigenvalue weighted by atomic mass is 16.4. The van der Waals surface area contributed by atoms with Crippen molar-refractivity contribution in [2.24, 2.45) is 0 Å². The van der Waals surface area contributed by atoms with E-state index >= 15 is 0 Å². The second-order valence-electron chi connectivity index (χ2n) is 6.55. The molecule has 1 atom stereocenters. The maximum atomic E-state index is 12.8. The average molecular weight is 348 g/mol. The Kier molecular flexibility index (Phi) is 5.33. The van der Waals surface area contributed by atoms with E-state index in [-0.39, 0.29) is 18.4 Å². The summed E-state index contributed by atoms with van der Waals surface area (Å²) in [5, 5.41) is 18.0. The fourth-order valence-electron chi connectivity index (χ4n) is 3.40. The number of nitriles is 1. The van der Waals surface area contributed by atoms with Gasteiger partial charge >= 0.3 is 5.97 Å². The minimum atomic E-state index is -0.890. The highest BCUT2D eigenvalue weighted by molar-refractivity contribution is 5.78. The Bertz CT molecular complexity index is 852. The van der Waals surface area contributed by atoms with Gasteiger partial charge in [0.15, 0.2) is 0 Å². The van der Waals surface area contributed by atoms with Crippen LogP contribution in [0.1, 0.15) is 35.1 Å². The van der Waals surface area contributed by atoms with Crippen LogP contribution >= 0.6 is 0 Å². The van der Waals surface area contributed by atoms with Crippen LogP contribution in [0.4, 0.5) is 0 Å². The quantitative estimate of drug-likeness (QED) is 0.901. The van der Waals surface area contributed by atoms with Gasteiger partial charge in [-0.25, -0.2) is 0 Å². The number of hydrogen-bond acceptors (Lipinski definition) is 3. The van der Waals surface area contributed by atoms with E-state index in [1.807, 2.05) is 36.4 Å². The lowest BCUT2D eigenvalue weighted by atomic mass is 9.91. The zero-order valence-electron chi connectivity index (χ0n) is 14.4. The first kappa shape index (κ1) is 17.7. The van der Waals surface area contributed by atoms with Crippen LogP contribution in [0, 0.1) is 11.3 Å². The number of fused-ring (bicyclic) bond motifs is 1. The summed E-state index contributed by atoms with van der Waals surface area (Å²) in [5.74, 6) is -0.922. The number of aryl methyl sites for hydroxylation is 1. The Morgan fingerprint density at radius 2 is 1.81 bits per heavy atom. The van der Waals surface area contributed by atoms with Gasteiger partial charge in [0.25, 0.3) is 0 Å². The summed E-state index contributed by atoms with van der Waals surface area (Å²) in [6, 6.07) is 16.8. The molecule has 0 bridgehead atoms. The first-order chi connectivity index (χ1) is 12.6. The smallest absolute Gasteiger partial charge is 0.305 e. The lowest BCUT2D eigenvalue weighted by Crippen LogP contribution is -2.45. The number of rotatable bonds is 5. The number of aliphatic carboxylic acids is 1. The number of carbonyl (C=O) groups excluding carboxylic acids is 1. The van der Waals surface area contributed by atoms with Crippen molar-refractivity contribution in [3.63, 3.8) is 0 Å². The number of nitrogens with zero attached hydrogens (tertiary/aromatic N) is 2. The molecule has 2 aromatic carbocycles. The fourth-order valence-corrected chi connectivity index (χ4v) is 3.40. The van der Waals surface area contributed by atoms with Gasteiger partial charge in [0.1, 0.15) is 0 Å². The molecule has 1 aliphatic heterocycles. The zero-order chi connectivity index (χ0) is 18.5. The van der Waals surface area contributed by atoms with E-state index in [1.54, 1.807) is 17.0 Å². The third-order valence-electron chi connectivity index (χ3n) is 4.80. The van der Waals surface area contributed by atoms with Gasteiger partial charge in [-0.2, -0.15) is 5.26 Å². The van der Waals surface area contributed by atoms with E-state index < -0.39 is 5.97 Å². The van der Waals surface area contributed by atoms with Gasteiger partial charge in [0, 0.05) is 19.0 Å². The molecule has 0 spiro atoms. The summed E-state index contributed by atoms with van der Waals surface area (Å²) in [6.45, 7) is 0.459. The highest BCUT2D eigenvalue weighted by Gasteiger charge is 2.30. The lowest BCUT2D eigenvalue weighted by molar-refractivity contribution is -0.141. The highest BCUT2D eigenvalue weighted by Crippen LogP contribution is 2.26. The summed E-state index contributed by atoms with van der Waals surface area (Å²) in [7, 11) is 0. The standard InChI is InChI=1S/C21H20N2O3/c22-13-16-7-5-15(6-8-16)9-10-20(24)23-14-18-4-2-1-3-17(18)11-19(23)12-21(25)26/h1-8,19H,9-12,14H2,(H,25,26)/t19-/m0/s1. The third-order valence-corrected chi connectivity index (χ3v) is 4.80. The number of carboxylic acid groups (broad SMARTS) is 1. The number of benzene rings is 2. The van der Waals surface area contributed by atoms with Crippen LogP contribution in [-0.4, -0.2) is 27.9 Å². The van der Waals surface area contributed by atoms with Gasteiger partial charge in [-0.1, -0.05) is 36.4 Å². The van der Waals surface area contributed by atoms with Crippen molar-refractivity contribution in [3.05, 3.63) is 70.8 Å². The molecule has 1 N–H and O–H groups in total. The van der Waals surface area contributed by atoms with Crippen molar-refractivity contribution in [1.82, 2.24) is 4.90 Å². The molecule has 3 rings (SSSR count). The van der Waals surface area contributed by atoms with Gasteiger partial charge in [-0.3, -0.25) is 9.59 Å². The molecule has 0 saturated carbocycles. The van der Waals surface area contributed by atoms with Crippen LogP contribution in [0.25, 0.3) is 0 Å². The molecule has 5 heteroatoms. The van der Waals surface area contributed by atoms with Crippen LogP contribution in [0.2, 0.25) is 0 Å².